The van der Waals surface area contributed by atoms with E-state index in [0.29, 0.717) is 6.42 Å². The highest BCUT2D eigenvalue weighted by atomic mass is 16.8. The summed E-state index contributed by atoms with van der Waals surface area (Å²) in [5.74, 6) is -3.52. The van der Waals surface area contributed by atoms with Gasteiger partial charge in [0.2, 0.25) is 11.9 Å². The van der Waals surface area contributed by atoms with Gasteiger partial charge in [0.1, 0.15) is 12.2 Å². The minimum absolute atomic E-state index is 0.0623. The van der Waals surface area contributed by atoms with E-state index < -0.39 is 70.5 Å². The number of carbonyl (C=O) groups excluding carboxylic acids is 3. The molecule has 0 amide bonds. The molecule has 9 heteroatoms. The smallest absolute Gasteiger partial charge is 0.342 e. The van der Waals surface area contributed by atoms with Crippen molar-refractivity contribution in [2.45, 2.75) is 76.3 Å². The Morgan fingerprint density at radius 3 is 2.38 bits per heavy atom. The number of esters is 3. The quantitative estimate of drug-likeness (QED) is 0.408. The lowest BCUT2D eigenvalue weighted by Crippen LogP contribution is -2.66. The van der Waals surface area contributed by atoms with Gasteiger partial charge in [-0.1, -0.05) is 20.8 Å². The van der Waals surface area contributed by atoms with E-state index in [2.05, 4.69) is 0 Å². The minimum Gasteiger partial charge on any atom is -0.459 e. The van der Waals surface area contributed by atoms with Gasteiger partial charge < -0.3 is 29.2 Å². The fourth-order valence-corrected chi connectivity index (χ4v) is 8.06. The molecule has 2 unspecified atom stereocenters. The lowest BCUT2D eigenvalue weighted by molar-refractivity contribution is -0.238. The maximum Gasteiger partial charge on any atom is 0.342 e. The van der Waals surface area contributed by atoms with E-state index in [4.69, 9.17) is 18.9 Å². The lowest BCUT2D eigenvalue weighted by Gasteiger charge is -2.46. The van der Waals surface area contributed by atoms with Crippen molar-refractivity contribution in [2.75, 3.05) is 0 Å². The zero-order chi connectivity index (χ0) is 20.9. The molecule has 0 bridgehead atoms. The first kappa shape index (κ1) is 18.1. The molecule has 0 radical (unpaired) electrons. The Bertz CT molecular complexity index is 893. The van der Waals surface area contributed by atoms with Crippen LogP contribution in [0.5, 0.6) is 0 Å². The Hall–Kier alpha value is -1.71. The fourth-order valence-electron chi connectivity index (χ4n) is 8.06. The molecular weight excluding hydrogens is 384 g/mol. The second-order valence-corrected chi connectivity index (χ2v) is 10.6. The summed E-state index contributed by atoms with van der Waals surface area (Å²) in [6.07, 6.45) is -3.96. The molecule has 0 aromatic heterocycles. The molecule has 2 spiro atoms. The number of aliphatic hydroxyl groups is 2. The predicted octanol–water partition coefficient (Wildman–Crippen LogP) is -0.340. The zero-order valence-corrected chi connectivity index (χ0v) is 16.6. The van der Waals surface area contributed by atoms with Gasteiger partial charge >= 0.3 is 17.9 Å². The molecule has 2 saturated carbocycles. The van der Waals surface area contributed by atoms with E-state index in [1.165, 1.54) is 6.92 Å². The monoisotopic (exact) mass is 408 g/mol. The largest absolute Gasteiger partial charge is 0.459 e. The molecule has 2 N–H and O–H groups in total. The highest BCUT2D eigenvalue weighted by Gasteiger charge is 3.01. The maximum absolute atomic E-state index is 13.3. The standard InChI is InChI=1S/C20H24O9/c1-7-12(22)26-10-6-17-9-5-8(16(2,3)4)18(17)11(21)13(23)28-15(18)29-20(17,14(24)27-9)19(7,10)25/h7-11,15,21,25H,5-6H2,1-4H3/t7-,8+,9-,10+,11+,15+,17-,18?,19-,20?/m1/s1. The van der Waals surface area contributed by atoms with Crippen LogP contribution < -0.4 is 0 Å². The summed E-state index contributed by atoms with van der Waals surface area (Å²) >= 11 is 0. The van der Waals surface area contributed by atoms with Crippen molar-refractivity contribution in [3.8, 4) is 0 Å². The number of fused-ring (bicyclic) bond motifs is 1. The summed E-state index contributed by atoms with van der Waals surface area (Å²) < 4.78 is 22.9. The first-order valence-corrected chi connectivity index (χ1v) is 10.1. The van der Waals surface area contributed by atoms with Crippen LogP contribution in [0.15, 0.2) is 0 Å². The van der Waals surface area contributed by atoms with E-state index in [0.717, 1.165) is 0 Å². The van der Waals surface area contributed by atoms with Crippen LogP contribution >= 0.6 is 0 Å². The summed E-state index contributed by atoms with van der Waals surface area (Å²) in [5.41, 5.74) is -6.81. The van der Waals surface area contributed by atoms with Crippen LogP contribution in [0, 0.1) is 28.1 Å². The Balaban J connectivity index is 1.68. The number of ether oxygens (including phenoxy) is 4. The summed E-state index contributed by atoms with van der Waals surface area (Å²) in [6.45, 7) is 7.47. The third-order valence-corrected chi connectivity index (χ3v) is 8.97. The number of hydrogen-bond donors (Lipinski definition) is 2. The number of rotatable bonds is 0. The van der Waals surface area contributed by atoms with Crippen LogP contribution in [-0.2, 0) is 33.3 Å². The van der Waals surface area contributed by atoms with E-state index in [-0.39, 0.29) is 17.8 Å². The van der Waals surface area contributed by atoms with Crippen molar-refractivity contribution in [2.24, 2.45) is 28.1 Å². The molecule has 4 aliphatic heterocycles. The third-order valence-electron chi connectivity index (χ3n) is 8.97. The van der Waals surface area contributed by atoms with Crippen molar-refractivity contribution < 1.29 is 43.5 Å². The summed E-state index contributed by atoms with van der Waals surface area (Å²) in [5, 5.41) is 23.0. The van der Waals surface area contributed by atoms with Crippen LogP contribution in [0.25, 0.3) is 0 Å². The molecule has 6 rings (SSSR count). The van der Waals surface area contributed by atoms with Crippen molar-refractivity contribution in [3.63, 3.8) is 0 Å². The molecule has 4 saturated heterocycles. The van der Waals surface area contributed by atoms with Crippen LogP contribution in [0.4, 0.5) is 0 Å². The van der Waals surface area contributed by atoms with Crippen molar-refractivity contribution >= 4 is 17.9 Å². The van der Waals surface area contributed by atoms with Gasteiger partial charge in [-0.25, -0.2) is 9.59 Å². The lowest BCUT2D eigenvalue weighted by atomic mass is 9.51. The molecule has 158 valence electrons. The van der Waals surface area contributed by atoms with Crippen LogP contribution in [0.1, 0.15) is 40.5 Å². The molecule has 6 fully saturated rings. The van der Waals surface area contributed by atoms with E-state index in [9.17, 15) is 24.6 Å². The number of hydrogen-bond acceptors (Lipinski definition) is 9. The molecule has 6 aliphatic rings. The Morgan fingerprint density at radius 1 is 1.03 bits per heavy atom. The zero-order valence-electron chi connectivity index (χ0n) is 16.6. The van der Waals surface area contributed by atoms with Crippen molar-refractivity contribution in [1.82, 2.24) is 0 Å². The van der Waals surface area contributed by atoms with Crippen LogP contribution in [0.2, 0.25) is 0 Å². The normalized spacial score (nSPS) is 59.2. The van der Waals surface area contributed by atoms with Crippen LogP contribution in [0.3, 0.4) is 0 Å². The van der Waals surface area contributed by atoms with E-state index in [1.54, 1.807) is 0 Å². The number of aliphatic hydroxyl groups excluding tert-OH is 1. The van der Waals surface area contributed by atoms with Gasteiger partial charge in [-0.15, -0.1) is 0 Å². The molecule has 2 aliphatic carbocycles. The van der Waals surface area contributed by atoms with E-state index in [1.807, 2.05) is 20.8 Å². The van der Waals surface area contributed by atoms with Crippen LogP contribution in [-0.4, -0.2) is 63.9 Å². The average molecular weight is 408 g/mol. The molecule has 29 heavy (non-hydrogen) atoms. The van der Waals surface area contributed by atoms with E-state index >= 15 is 0 Å². The SMILES string of the molecule is C[C@@H]1C(=O)O[C@H]2C[C@@]34[C@H]5C[C@@H](C(C)(C)C)C36[C@@H](OC(=O)[C@@H]6O)OC4(C(=O)O5)[C@]21O. The van der Waals surface area contributed by atoms with Gasteiger partial charge in [0.05, 0.1) is 16.7 Å². The van der Waals surface area contributed by atoms with Gasteiger partial charge in [-0.3, -0.25) is 4.79 Å². The summed E-state index contributed by atoms with van der Waals surface area (Å²) in [6, 6.07) is 0. The van der Waals surface area contributed by atoms with Gasteiger partial charge in [-0.05, 0) is 24.7 Å². The summed E-state index contributed by atoms with van der Waals surface area (Å²) in [7, 11) is 0. The summed E-state index contributed by atoms with van der Waals surface area (Å²) in [4.78, 5) is 38.1. The highest BCUT2D eigenvalue weighted by molar-refractivity contribution is 5.93. The van der Waals surface area contributed by atoms with Crippen molar-refractivity contribution in [3.05, 3.63) is 0 Å². The molecule has 4 heterocycles. The first-order chi connectivity index (χ1) is 13.4. The van der Waals surface area contributed by atoms with Gasteiger partial charge in [0, 0.05) is 6.42 Å². The predicted molar refractivity (Wildman–Crippen MR) is 90.6 cm³/mol. The van der Waals surface area contributed by atoms with Gasteiger partial charge in [-0.2, -0.15) is 0 Å². The average Bonchev–Trinajstić information content (AvgIpc) is 3.31. The molecule has 0 aromatic rings. The Kier molecular flexibility index (Phi) is 2.79. The fraction of sp³-hybridized carbons (Fsp3) is 0.850. The third kappa shape index (κ3) is 1.35. The molecule has 10 atom stereocenters. The van der Waals surface area contributed by atoms with Gasteiger partial charge in [0.15, 0.2) is 11.7 Å². The van der Waals surface area contributed by atoms with Crippen molar-refractivity contribution in [1.29, 1.82) is 0 Å². The molecular formula is C20H24O9. The highest BCUT2D eigenvalue weighted by Crippen LogP contribution is 2.84. The van der Waals surface area contributed by atoms with Gasteiger partial charge in [0.25, 0.3) is 0 Å². The maximum atomic E-state index is 13.3. The topological polar surface area (TPSA) is 129 Å². The Morgan fingerprint density at radius 2 is 1.72 bits per heavy atom. The second-order valence-electron chi connectivity index (χ2n) is 10.6. The number of carbonyl (C=O) groups is 3. The molecule has 9 nitrogen and oxygen atoms in total. The second kappa shape index (κ2) is 4.48. The first-order valence-electron chi connectivity index (χ1n) is 10.1. The Labute approximate surface area is 166 Å². The molecule has 0 aromatic carbocycles. The minimum atomic E-state index is -1.97.